The van der Waals surface area contributed by atoms with E-state index < -0.39 is 8.07 Å². The Balaban J connectivity index is 1.95. The van der Waals surface area contributed by atoms with Crippen LogP contribution in [0.4, 0.5) is 0 Å². The zero-order valence-corrected chi connectivity index (χ0v) is 10.2. The summed E-state index contributed by atoms with van der Waals surface area (Å²) in [6, 6.07) is 1.57. The highest BCUT2D eigenvalue weighted by molar-refractivity contribution is 6.76. The van der Waals surface area contributed by atoms with Gasteiger partial charge in [-0.25, -0.2) is 0 Å². The van der Waals surface area contributed by atoms with E-state index in [1.807, 2.05) is 0 Å². The van der Waals surface area contributed by atoms with E-state index in [1.54, 1.807) is 6.04 Å². The number of fused-ring (bicyclic) bond motifs is 1. The number of allylic oxidation sites excluding steroid dienone is 2. The summed E-state index contributed by atoms with van der Waals surface area (Å²) in [5.74, 6) is 3.10. The van der Waals surface area contributed by atoms with E-state index in [-0.39, 0.29) is 0 Å². The van der Waals surface area contributed by atoms with Gasteiger partial charge in [-0.1, -0.05) is 37.8 Å². The van der Waals surface area contributed by atoms with E-state index in [4.69, 9.17) is 0 Å². The van der Waals surface area contributed by atoms with Crippen LogP contribution in [0.5, 0.6) is 0 Å². The normalized spacial score (nSPS) is 38.2. The van der Waals surface area contributed by atoms with Crippen LogP contribution in [0.3, 0.4) is 0 Å². The van der Waals surface area contributed by atoms with Gasteiger partial charge in [0, 0.05) is 8.07 Å². The van der Waals surface area contributed by atoms with Crippen LogP contribution in [0.15, 0.2) is 12.2 Å². The van der Waals surface area contributed by atoms with Gasteiger partial charge in [-0.15, -0.1) is 0 Å². The summed E-state index contributed by atoms with van der Waals surface area (Å²) in [5.41, 5.74) is 0. The highest BCUT2D eigenvalue weighted by Gasteiger charge is 2.38. The molecule has 13 heavy (non-hydrogen) atoms. The summed E-state index contributed by atoms with van der Waals surface area (Å²) >= 11 is 0. The van der Waals surface area contributed by atoms with E-state index in [2.05, 4.69) is 31.8 Å². The van der Waals surface area contributed by atoms with Gasteiger partial charge in [0.05, 0.1) is 0 Å². The average Bonchev–Trinajstić information content (AvgIpc) is 2.50. The van der Waals surface area contributed by atoms with E-state index >= 15 is 0 Å². The largest absolute Gasteiger partial charge is 0.0879 e. The molecule has 0 aromatic carbocycles. The van der Waals surface area contributed by atoms with Crippen LogP contribution in [0.2, 0.25) is 25.7 Å². The first-order valence-electron chi connectivity index (χ1n) is 5.73. The Labute approximate surface area is 83.4 Å². The van der Waals surface area contributed by atoms with Gasteiger partial charge < -0.3 is 0 Å². The molecule has 1 saturated carbocycles. The van der Waals surface area contributed by atoms with Crippen LogP contribution < -0.4 is 0 Å². The second-order valence-electron chi connectivity index (χ2n) is 6.09. The van der Waals surface area contributed by atoms with Crippen molar-refractivity contribution in [3.63, 3.8) is 0 Å². The van der Waals surface area contributed by atoms with Crippen molar-refractivity contribution in [2.45, 2.75) is 44.9 Å². The molecule has 0 nitrogen and oxygen atoms in total. The average molecular weight is 194 g/mol. The van der Waals surface area contributed by atoms with E-state index in [1.165, 1.54) is 19.3 Å². The highest BCUT2D eigenvalue weighted by atomic mass is 28.3. The van der Waals surface area contributed by atoms with Crippen LogP contribution >= 0.6 is 0 Å². The summed E-state index contributed by atoms with van der Waals surface area (Å²) < 4.78 is 0. The Kier molecular flexibility index (Phi) is 2.39. The number of hydrogen-bond acceptors (Lipinski definition) is 0. The molecule has 1 heteroatoms. The first-order valence-corrected chi connectivity index (χ1v) is 9.44. The number of hydrogen-bond donors (Lipinski definition) is 0. The molecule has 0 spiro atoms. The minimum absolute atomic E-state index is 0.810. The first kappa shape index (κ1) is 9.51. The first-order chi connectivity index (χ1) is 6.06. The predicted octanol–water partition coefficient (Wildman–Crippen LogP) is 3.93. The van der Waals surface area contributed by atoms with Crippen molar-refractivity contribution in [3.8, 4) is 0 Å². The molecule has 2 aliphatic rings. The molecule has 2 aliphatic carbocycles. The molecule has 0 aromatic heterocycles. The van der Waals surface area contributed by atoms with E-state index in [0.29, 0.717) is 0 Å². The lowest BCUT2D eigenvalue weighted by molar-refractivity contribution is 0.391. The fraction of sp³-hybridized carbons (Fsp3) is 0.833. The second-order valence-corrected chi connectivity index (χ2v) is 11.6. The van der Waals surface area contributed by atoms with Gasteiger partial charge in [0.15, 0.2) is 0 Å². The van der Waals surface area contributed by atoms with Crippen LogP contribution in [-0.4, -0.2) is 8.07 Å². The van der Waals surface area contributed by atoms with Gasteiger partial charge in [0.2, 0.25) is 0 Å². The fourth-order valence-corrected chi connectivity index (χ4v) is 5.32. The number of rotatable bonds is 2. The molecule has 0 aromatic rings. The third kappa shape index (κ3) is 2.07. The van der Waals surface area contributed by atoms with Gasteiger partial charge in [-0.3, -0.25) is 0 Å². The summed E-state index contributed by atoms with van der Waals surface area (Å²) in [6.45, 7) is 7.55. The molecule has 2 rings (SSSR count). The lowest BCUT2D eigenvalue weighted by Crippen LogP contribution is -2.25. The Hall–Kier alpha value is -0.0431. The van der Waals surface area contributed by atoms with Crippen molar-refractivity contribution in [2.75, 3.05) is 0 Å². The quantitative estimate of drug-likeness (QED) is 0.461. The molecule has 3 unspecified atom stereocenters. The van der Waals surface area contributed by atoms with Gasteiger partial charge in [0.1, 0.15) is 0 Å². The molecule has 0 heterocycles. The zero-order chi connectivity index (χ0) is 9.47. The van der Waals surface area contributed by atoms with Crippen LogP contribution in [0.25, 0.3) is 0 Å². The molecule has 0 amide bonds. The van der Waals surface area contributed by atoms with Gasteiger partial charge in [-0.05, 0) is 37.0 Å². The fourth-order valence-electron chi connectivity index (χ4n) is 3.24. The summed E-state index contributed by atoms with van der Waals surface area (Å²) in [6.07, 6.45) is 9.29. The second kappa shape index (κ2) is 3.27. The SMILES string of the molecule is C[Si](C)(C)CC1CCC2C=CCC21. The zero-order valence-electron chi connectivity index (χ0n) is 9.22. The topological polar surface area (TPSA) is 0 Å². The molecule has 74 valence electrons. The van der Waals surface area contributed by atoms with Gasteiger partial charge in [-0.2, -0.15) is 0 Å². The lowest BCUT2D eigenvalue weighted by Gasteiger charge is -2.25. The smallest absolute Gasteiger partial charge is 0.0445 e. The molecular formula is C12H22Si. The van der Waals surface area contributed by atoms with E-state index in [9.17, 15) is 0 Å². The Morgan fingerprint density at radius 2 is 2.00 bits per heavy atom. The lowest BCUT2D eigenvalue weighted by atomic mass is 9.93. The van der Waals surface area contributed by atoms with Crippen LogP contribution in [-0.2, 0) is 0 Å². The molecule has 3 atom stereocenters. The molecule has 1 fully saturated rings. The summed E-state index contributed by atoms with van der Waals surface area (Å²) in [4.78, 5) is 0. The molecule has 0 saturated heterocycles. The highest BCUT2D eigenvalue weighted by Crippen LogP contribution is 2.46. The Morgan fingerprint density at radius 3 is 2.69 bits per heavy atom. The molecular weight excluding hydrogens is 172 g/mol. The third-order valence-corrected chi connectivity index (χ3v) is 5.44. The Morgan fingerprint density at radius 1 is 1.23 bits per heavy atom. The third-order valence-electron chi connectivity index (χ3n) is 3.69. The van der Waals surface area contributed by atoms with Gasteiger partial charge >= 0.3 is 0 Å². The monoisotopic (exact) mass is 194 g/mol. The van der Waals surface area contributed by atoms with Crippen LogP contribution in [0, 0.1) is 17.8 Å². The van der Waals surface area contributed by atoms with Crippen LogP contribution in [0.1, 0.15) is 19.3 Å². The van der Waals surface area contributed by atoms with Crippen molar-refractivity contribution in [2.24, 2.45) is 17.8 Å². The molecule has 0 bridgehead atoms. The summed E-state index contributed by atoms with van der Waals surface area (Å²) in [5, 5.41) is 0. The maximum atomic E-state index is 2.52. The Bertz CT molecular complexity index is 212. The predicted molar refractivity (Wildman–Crippen MR) is 61.6 cm³/mol. The van der Waals surface area contributed by atoms with E-state index in [0.717, 1.165) is 17.8 Å². The van der Waals surface area contributed by atoms with Crippen molar-refractivity contribution in [1.82, 2.24) is 0 Å². The standard InChI is InChI=1S/C12H22Si/c1-13(2,3)9-11-8-7-10-5-4-6-12(10)11/h4-5,10-12H,6-9H2,1-3H3. The van der Waals surface area contributed by atoms with Gasteiger partial charge in [0.25, 0.3) is 0 Å². The molecule has 0 N–H and O–H groups in total. The summed E-state index contributed by atoms with van der Waals surface area (Å²) in [7, 11) is -0.810. The minimum atomic E-state index is -0.810. The minimum Gasteiger partial charge on any atom is -0.0879 e. The maximum Gasteiger partial charge on any atom is 0.0445 e. The van der Waals surface area contributed by atoms with Crippen molar-refractivity contribution in [1.29, 1.82) is 0 Å². The maximum absolute atomic E-state index is 2.52. The van der Waals surface area contributed by atoms with Crippen molar-refractivity contribution >= 4 is 8.07 Å². The molecule has 0 radical (unpaired) electrons. The van der Waals surface area contributed by atoms with Crippen molar-refractivity contribution < 1.29 is 0 Å². The molecule has 0 aliphatic heterocycles. The van der Waals surface area contributed by atoms with Crippen molar-refractivity contribution in [3.05, 3.63) is 12.2 Å².